The van der Waals surface area contributed by atoms with Gasteiger partial charge in [-0.2, -0.15) is 0 Å². The van der Waals surface area contributed by atoms with Crippen LogP contribution in [0.5, 0.6) is 5.75 Å². The van der Waals surface area contributed by atoms with Gasteiger partial charge in [0.05, 0.1) is 0 Å². The molecule has 20 heavy (non-hydrogen) atoms. The van der Waals surface area contributed by atoms with Crippen LogP contribution in [0.25, 0.3) is 0 Å². The molecule has 7 heteroatoms. The summed E-state index contributed by atoms with van der Waals surface area (Å²) in [6.45, 7) is 5.32. The lowest BCUT2D eigenvalue weighted by Gasteiger charge is -2.19. The number of carbonyl (C=O) groups is 1. The van der Waals surface area contributed by atoms with Crippen LogP contribution in [0.1, 0.15) is 32.8 Å². The van der Waals surface area contributed by atoms with E-state index < -0.39 is 13.4 Å². The number of hydrogen-bond acceptors (Lipinski definition) is 4. The summed E-state index contributed by atoms with van der Waals surface area (Å²) in [5.41, 5.74) is -0.0133. The van der Waals surface area contributed by atoms with E-state index in [-0.39, 0.29) is 24.6 Å². The van der Waals surface area contributed by atoms with Crippen molar-refractivity contribution >= 4 is 13.8 Å². The lowest BCUT2D eigenvalue weighted by atomic mass is 10.1. The van der Waals surface area contributed by atoms with Gasteiger partial charge in [0.1, 0.15) is 11.4 Å². The molecule has 1 aromatic rings. The van der Waals surface area contributed by atoms with Crippen LogP contribution in [0, 0.1) is 0 Å². The van der Waals surface area contributed by atoms with Gasteiger partial charge in [-0.1, -0.05) is 18.2 Å². The number of aryl methyl sites for hydroxylation is 1. The molecule has 0 saturated carbocycles. The van der Waals surface area contributed by atoms with E-state index in [0.717, 1.165) is 0 Å². The minimum atomic E-state index is -4.61. The molecule has 2 N–H and O–H groups in total. The smallest absolute Gasteiger partial charge is 0.460 e. The Morgan fingerprint density at radius 3 is 2.40 bits per heavy atom. The number of phosphoric ester groups is 1. The van der Waals surface area contributed by atoms with Crippen LogP contribution in [0.15, 0.2) is 24.3 Å². The van der Waals surface area contributed by atoms with Gasteiger partial charge >= 0.3 is 13.8 Å². The summed E-state index contributed by atoms with van der Waals surface area (Å²) in [5.74, 6) is -0.298. The van der Waals surface area contributed by atoms with E-state index in [2.05, 4.69) is 4.52 Å². The van der Waals surface area contributed by atoms with Crippen molar-refractivity contribution in [3.05, 3.63) is 29.8 Å². The van der Waals surface area contributed by atoms with E-state index in [1.54, 1.807) is 39.0 Å². The van der Waals surface area contributed by atoms with Crippen molar-refractivity contribution in [2.45, 2.75) is 39.2 Å². The quantitative estimate of drug-likeness (QED) is 0.641. The third-order valence-electron chi connectivity index (χ3n) is 2.21. The van der Waals surface area contributed by atoms with Gasteiger partial charge in [0, 0.05) is 6.42 Å². The number of para-hydroxylation sites is 1. The van der Waals surface area contributed by atoms with Crippen LogP contribution in [0.2, 0.25) is 0 Å². The predicted octanol–water partition coefficient (Wildman–Crippen LogP) is 2.43. The first-order chi connectivity index (χ1) is 9.07. The van der Waals surface area contributed by atoms with Crippen LogP contribution in [-0.2, 0) is 20.5 Å². The fraction of sp³-hybridized carbons (Fsp3) is 0.462. The first-order valence-electron chi connectivity index (χ1n) is 6.12. The summed E-state index contributed by atoms with van der Waals surface area (Å²) in [5, 5.41) is 0. The van der Waals surface area contributed by atoms with Crippen molar-refractivity contribution in [2.75, 3.05) is 0 Å². The summed E-state index contributed by atoms with van der Waals surface area (Å²) in [6.07, 6.45) is 0.393. The van der Waals surface area contributed by atoms with E-state index in [0.29, 0.717) is 5.56 Å². The van der Waals surface area contributed by atoms with Crippen molar-refractivity contribution in [2.24, 2.45) is 0 Å². The van der Waals surface area contributed by atoms with Crippen molar-refractivity contribution in [1.29, 1.82) is 0 Å². The Morgan fingerprint density at radius 1 is 1.25 bits per heavy atom. The highest BCUT2D eigenvalue weighted by Crippen LogP contribution is 2.39. The maximum atomic E-state index is 11.6. The number of benzene rings is 1. The standard InChI is InChI=1S/C13H19O6P/c1-13(2,3)18-12(14)9-8-10-6-4-5-7-11(10)19-20(15,16)17/h4-7H,8-9H2,1-3H3,(H2,15,16,17). The van der Waals surface area contributed by atoms with Gasteiger partial charge in [-0.05, 0) is 38.8 Å². The Labute approximate surface area is 118 Å². The average Bonchev–Trinajstić information content (AvgIpc) is 2.23. The minimum absolute atomic E-state index is 0.0735. The molecular formula is C13H19O6P. The highest BCUT2D eigenvalue weighted by molar-refractivity contribution is 7.46. The van der Waals surface area contributed by atoms with Crippen molar-refractivity contribution in [3.63, 3.8) is 0 Å². The normalized spacial score (nSPS) is 12.1. The number of rotatable bonds is 5. The number of esters is 1. The van der Waals surface area contributed by atoms with E-state index in [1.165, 1.54) is 6.07 Å². The van der Waals surface area contributed by atoms with Crippen LogP contribution >= 0.6 is 7.82 Å². The van der Waals surface area contributed by atoms with Crippen LogP contribution in [0.3, 0.4) is 0 Å². The number of phosphoric acid groups is 1. The maximum absolute atomic E-state index is 11.6. The third kappa shape index (κ3) is 6.70. The SMILES string of the molecule is CC(C)(C)OC(=O)CCc1ccccc1OP(=O)(O)O. The highest BCUT2D eigenvalue weighted by atomic mass is 31.2. The number of carbonyl (C=O) groups excluding carboxylic acids is 1. The van der Waals surface area contributed by atoms with Gasteiger partial charge in [0.15, 0.2) is 0 Å². The molecule has 0 fully saturated rings. The molecule has 6 nitrogen and oxygen atoms in total. The molecule has 1 rings (SSSR count). The topological polar surface area (TPSA) is 93.1 Å². The van der Waals surface area contributed by atoms with Crippen molar-refractivity contribution in [3.8, 4) is 5.75 Å². The molecule has 112 valence electrons. The van der Waals surface area contributed by atoms with E-state index in [9.17, 15) is 9.36 Å². The molecule has 1 aromatic carbocycles. The molecule has 0 aliphatic rings. The Bertz CT molecular complexity index is 514. The lowest BCUT2D eigenvalue weighted by molar-refractivity contribution is -0.154. The maximum Gasteiger partial charge on any atom is 0.524 e. The van der Waals surface area contributed by atoms with Crippen LogP contribution in [0.4, 0.5) is 0 Å². The first-order valence-corrected chi connectivity index (χ1v) is 7.65. The summed E-state index contributed by atoms with van der Waals surface area (Å²) in [6, 6.07) is 6.40. The Kier molecular flexibility index (Phi) is 5.34. The second kappa shape index (κ2) is 6.39. The van der Waals surface area contributed by atoms with Crippen molar-refractivity contribution in [1.82, 2.24) is 0 Å². The van der Waals surface area contributed by atoms with Gasteiger partial charge in [-0.15, -0.1) is 0 Å². The number of hydrogen-bond donors (Lipinski definition) is 2. The molecular weight excluding hydrogens is 283 g/mol. The first kappa shape index (κ1) is 16.7. The van der Waals surface area contributed by atoms with Crippen LogP contribution < -0.4 is 4.52 Å². The molecule has 0 aliphatic carbocycles. The molecule has 0 aromatic heterocycles. The zero-order valence-electron chi connectivity index (χ0n) is 11.7. The molecule has 0 heterocycles. The fourth-order valence-electron chi connectivity index (χ4n) is 1.56. The molecule has 0 saturated heterocycles. The molecule has 0 unspecified atom stereocenters. The van der Waals surface area contributed by atoms with Crippen LogP contribution in [-0.4, -0.2) is 21.4 Å². The summed E-state index contributed by atoms with van der Waals surface area (Å²) in [7, 11) is -4.61. The van der Waals surface area contributed by atoms with Gasteiger partial charge in [-0.25, -0.2) is 4.57 Å². The second-order valence-electron chi connectivity index (χ2n) is 5.28. The summed E-state index contributed by atoms with van der Waals surface area (Å²) >= 11 is 0. The molecule has 0 aliphatic heterocycles. The van der Waals surface area contributed by atoms with E-state index in [4.69, 9.17) is 14.5 Å². The van der Waals surface area contributed by atoms with Gasteiger partial charge in [-0.3, -0.25) is 14.6 Å². The average molecular weight is 302 g/mol. The van der Waals surface area contributed by atoms with Gasteiger partial charge in [0.2, 0.25) is 0 Å². The predicted molar refractivity (Wildman–Crippen MR) is 73.3 cm³/mol. The molecule has 0 atom stereocenters. The Balaban J connectivity index is 2.69. The Hall–Kier alpha value is -1.36. The minimum Gasteiger partial charge on any atom is -0.460 e. The third-order valence-corrected chi connectivity index (χ3v) is 2.64. The lowest BCUT2D eigenvalue weighted by Crippen LogP contribution is -2.24. The number of ether oxygens (including phenoxy) is 1. The zero-order valence-corrected chi connectivity index (χ0v) is 12.6. The summed E-state index contributed by atoms with van der Waals surface area (Å²) < 4.78 is 20.6. The van der Waals surface area contributed by atoms with Gasteiger partial charge in [0.25, 0.3) is 0 Å². The largest absolute Gasteiger partial charge is 0.524 e. The molecule has 0 radical (unpaired) electrons. The summed E-state index contributed by atoms with van der Waals surface area (Å²) in [4.78, 5) is 29.3. The second-order valence-corrected chi connectivity index (χ2v) is 6.44. The molecule has 0 bridgehead atoms. The van der Waals surface area contributed by atoms with Gasteiger partial charge < -0.3 is 9.26 Å². The van der Waals surface area contributed by atoms with Crippen molar-refractivity contribution < 1.29 is 28.4 Å². The fourth-order valence-corrected chi connectivity index (χ4v) is 1.99. The molecule has 0 amide bonds. The van der Waals surface area contributed by atoms with E-state index in [1.807, 2.05) is 0 Å². The highest BCUT2D eigenvalue weighted by Gasteiger charge is 2.20. The van der Waals surface area contributed by atoms with E-state index >= 15 is 0 Å². The molecule has 0 spiro atoms. The Morgan fingerprint density at radius 2 is 1.85 bits per heavy atom. The monoisotopic (exact) mass is 302 g/mol. The zero-order chi connectivity index (χ0) is 15.4.